The van der Waals surface area contributed by atoms with E-state index in [1.54, 1.807) is 12.0 Å². The number of rotatable bonds is 6. The van der Waals surface area contributed by atoms with Gasteiger partial charge in [-0.2, -0.15) is 0 Å². The Labute approximate surface area is 231 Å². The fourth-order valence-corrected chi connectivity index (χ4v) is 5.22. The number of hydrogen-bond donors (Lipinski definition) is 0. The molecule has 1 amide bonds. The van der Waals surface area contributed by atoms with Gasteiger partial charge in [-0.25, -0.2) is 4.79 Å². The third-order valence-corrected chi connectivity index (χ3v) is 7.23. The van der Waals surface area contributed by atoms with E-state index in [1.807, 2.05) is 32.9 Å². The Balaban J connectivity index is 1.39. The zero-order valence-corrected chi connectivity index (χ0v) is 23.2. The molecule has 202 valence electrons. The first-order chi connectivity index (χ1) is 18.8. The highest BCUT2D eigenvalue weighted by molar-refractivity contribution is 5.83. The highest BCUT2D eigenvalue weighted by atomic mass is 16.6. The average molecular weight is 524 g/mol. The smallest absolute Gasteiger partial charge is 0.410 e. The van der Waals surface area contributed by atoms with Crippen LogP contribution in [0.3, 0.4) is 0 Å². The van der Waals surface area contributed by atoms with E-state index < -0.39 is 5.60 Å². The fraction of sp³-hybridized carbons (Fsp3) is 0.324. The molecule has 0 aromatic heterocycles. The van der Waals surface area contributed by atoms with Gasteiger partial charge in [0, 0.05) is 12.5 Å². The number of methoxy groups -OCH3 is 1. The number of benzene rings is 4. The van der Waals surface area contributed by atoms with Crippen molar-refractivity contribution in [2.45, 2.75) is 51.4 Å². The molecule has 1 saturated heterocycles. The van der Waals surface area contributed by atoms with E-state index in [9.17, 15) is 4.79 Å². The van der Waals surface area contributed by atoms with Gasteiger partial charge < -0.3 is 19.1 Å². The molecule has 5 heteroatoms. The molecule has 0 spiro atoms. The molecule has 0 N–H and O–H groups in total. The lowest BCUT2D eigenvalue weighted by Crippen LogP contribution is -2.48. The Morgan fingerprint density at radius 3 is 2.38 bits per heavy atom. The van der Waals surface area contributed by atoms with Gasteiger partial charge in [0.2, 0.25) is 0 Å². The second-order valence-corrected chi connectivity index (χ2v) is 11.2. The van der Waals surface area contributed by atoms with Crippen LogP contribution in [0.4, 0.5) is 4.79 Å². The largest absolute Gasteiger partial charge is 0.497 e. The summed E-state index contributed by atoms with van der Waals surface area (Å²) in [4.78, 5) is 14.7. The number of carbonyl (C=O) groups excluding carboxylic acids is 1. The molecular formula is C34H37NO4. The first kappa shape index (κ1) is 26.8. The molecule has 2 atom stereocenters. The molecule has 39 heavy (non-hydrogen) atoms. The summed E-state index contributed by atoms with van der Waals surface area (Å²) in [5.74, 6) is 0.994. The van der Waals surface area contributed by atoms with Gasteiger partial charge in [0.15, 0.2) is 0 Å². The Morgan fingerprint density at radius 2 is 1.64 bits per heavy atom. The second-order valence-electron chi connectivity index (χ2n) is 11.2. The minimum absolute atomic E-state index is 0.155. The zero-order valence-electron chi connectivity index (χ0n) is 23.2. The maximum Gasteiger partial charge on any atom is 0.410 e. The first-order valence-electron chi connectivity index (χ1n) is 13.6. The van der Waals surface area contributed by atoms with Crippen LogP contribution < -0.4 is 4.74 Å². The van der Waals surface area contributed by atoms with Crippen molar-refractivity contribution in [1.82, 2.24) is 4.90 Å². The van der Waals surface area contributed by atoms with Gasteiger partial charge in [-0.1, -0.05) is 72.8 Å². The van der Waals surface area contributed by atoms with E-state index in [0.717, 1.165) is 28.9 Å². The van der Waals surface area contributed by atoms with Gasteiger partial charge in [0.05, 0.1) is 26.4 Å². The maximum atomic E-state index is 13.0. The maximum absolute atomic E-state index is 13.0. The fourth-order valence-electron chi connectivity index (χ4n) is 5.22. The number of amides is 1. The summed E-state index contributed by atoms with van der Waals surface area (Å²) in [6.07, 6.45) is 0.351. The van der Waals surface area contributed by atoms with E-state index in [0.29, 0.717) is 19.7 Å². The van der Waals surface area contributed by atoms with Gasteiger partial charge >= 0.3 is 6.09 Å². The standard InChI is InChI=1S/C34H37NO4/c1-34(2,3)39-33(36)35-19-18-31(29-11-7-10-28(21-29)26-14-16-30(37-4)17-15-26)32(22-35)38-23-24-12-13-25-8-5-6-9-27(25)20-24/h5-17,20-21,31-32H,18-19,22-23H2,1-4H3/t31-,32+/m1/s1. The molecule has 4 aromatic carbocycles. The van der Waals surface area contributed by atoms with Crippen LogP contribution in [0.2, 0.25) is 0 Å². The summed E-state index contributed by atoms with van der Waals surface area (Å²) in [5, 5.41) is 2.41. The van der Waals surface area contributed by atoms with Gasteiger partial charge in [0.25, 0.3) is 0 Å². The number of hydrogen-bond acceptors (Lipinski definition) is 4. The predicted octanol–water partition coefficient (Wildman–Crippen LogP) is 7.83. The van der Waals surface area contributed by atoms with Gasteiger partial charge in [-0.3, -0.25) is 0 Å². The van der Waals surface area contributed by atoms with Crippen molar-refractivity contribution >= 4 is 16.9 Å². The van der Waals surface area contributed by atoms with Gasteiger partial charge in [-0.15, -0.1) is 0 Å². The van der Waals surface area contributed by atoms with Crippen LogP contribution in [0.15, 0.2) is 91.0 Å². The van der Waals surface area contributed by atoms with Crippen molar-refractivity contribution in [2.24, 2.45) is 0 Å². The summed E-state index contributed by atoms with van der Waals surface area (Å²) in [5.41, 5.74) is 4.09. The molecule has 1 aliphatic rings. The zero-order chi connectivity index (χ0) is 27.4. The number of nitrogens with zero attached hydrogens (tertiary/aromatic N) is 1. The van der Waals surface area contributed by atoms with Gasteiger partial charge in [0.1, 0.15) is 11.4 Å². The lowest BCUT2D eigenvalue weighted by Gasteiger charge is -2.39. The van der Waals surface area contributed by atoms with Crippen molar-refractivity contribution in [2.75, 3.05) is 20.2 Å². The Morgan fingerprint density at radius 1 is 0.872 bits per heavy atom. The van der Waals surface area contributed by atoms with Crippen LogP contribution in [-0.2, 0) is 16.1 Å². The normalized spacial score (nSPS) is 17.7. The van der Waals surface area contributed by atoms with Crippen molar-refractivity contribution in [3.8, 4) is 16.9 Å². The topological polar surface area (TPSA) is 48.0 Å². The van der Waals surface area contributed by atoms with Crippen LogP contribution in [0.25, 0.3) is 21.9 Å². The Bertz CT molecular complexity index is 1420. The van der Waals surface area contributed by atoms with E-state index >= 15 is 0 Å². The summed E-state index contributed by atoms with van der Waals surface area (Å²) in [6, 6.07) is 31.6. The third-order valence-electron chi connectivity index (χ3n) is 7.23. The van der Waals surface area contributed by atoms with E-state index in [1.165, 1.54) is 16.3 Å². The molecule has 1 heterocycles. The first-order valence-corrected chi connectivity index (χ1v) is 13.6. The minimum atomic E-state index is -0.540. The third kappa shape index (κ3) is 6.61. The van der Waals surface area contributed by atoms with Crippen molar-refractivity contribution < 1.29 is 19.0 Å². The molecular weight excluding hydrogens is 486 g/mol. The molecule has 5 rings (SSSR count). The molecule has 0 aliphatic carbocycles. The molecule has 0 saturated carbocycles. The lowest BCUT2D eigenvalue weighted by molar-refractivity contribution is -0.0359. The molecule has 1 aliphatic heterocycles. The van der Waals surface area contributed by atoms with Crippen LogP contribution in [0, 0.1) is 0 Å². The van der Waals surface area contributed by atoms with E-state index in [2.05, 4.69) is 78.9 Å². The predicted molar refractivity (Wildman–Crippen MR) is 156 cm³/mol. The van der Waals surface area contributed by atoms with Gasteiger partial charge in [-0.05, 0) is 78.4 Å². The van der Waals surface area contributed by atoms with Crippen molar-refractivity contribution in [1.29, 1.82) is 0 Å². The van der Waals surface area contributed by atoms with E-state index in [-0.39, 0.29) is 18.1 Å². The minimum Gasteiger partial charge on any atom is -0.497 e. The number of piperidine rings is 1. The quantitative estimate of drug-likeness (QED) is 0.258. The number of likely N-dealkylation sites (tertiary alicyclic amines) is 1. The highest BCUT2D eigenvalue weighted by Gasteiger charge is 2.35. The summed E-state index contributed by atoms with van der Waals surface area (Å²) >= 11 is 0. The molecule has 0 radical (unpaired) electrons. The second kappa shape index (κ2) is 11.5. The summed E-state index contributed by atoms with van der Waals surface area (Å²) in [7, 11) is 1.68. The lowest BCUT2D eigenvalue weighted by atomic mass is 9.85. The monoisotopic (exact) mass is 523 g/mol. The average Bonchev–Trinajstić information content (AvgIpc) is 2.95. The Hall–Kier alpha value is -3.83. The van der Waals surface area contributed by atoms with Crippen molar-refractivity contribution in [3.63, 3.8) is 0 Å². The number of fused-ring (bicyclic) bond motifs is 1. The van der Waals surface area contributed by atoms with Crippen LogP contribution in [0.5, 0.6) is 5.75 Å². The Kier molecular flexibility index (Phi) is 7.89. The van der Waals surface area contributed by atoms with Crippen LogP contribution >= 0.6 is 0 Å². The molecule has 5 nitrogen and oxygen atoms in total. The summed E-state index contributed by atoms with van der Waals surface area (Å²) in [6.45, 7) is 7.29. The molecule has 0 unspecified atom stereocenters. The van der Waals surface area contributed by atoms with Crippen molar-refractivity contribution in [3.05, 3.63) is 102 Å². The highest BCUT2D eigenvalue weighted by Crippen LogP contribution is 2.34. The SMILES string of the molecule is COc1ccc(-c2cccc([C@H]3CCN(C(=O)OC(C)(C)C)C[C@@H]3OCc3ccc4ccccc4c3)c2)cc1. The van der Waals surface area contributed by atoms with Crippen LogP contribution in [0.1, 0.15) is 44.2 Å². The van der Waals surface area contributed by atoms with E-state index in [4.69, 9.17) is 14.2 Å². The molecule has 1 fully saturated rings. The van der Waals surface area contributed by atoms with Crippen LogP contribution in [-0.4, -0.2) is 42.9 Å². The number of carbonyl (C=O) groups is 1. The number of ether oxygens (including phenoxy) is 3. The molecule has 4 aromatic rings. The summed E-state index contributed by atoms with van der Waals surface area (Å²) < 4.78 is 17.6. The molecule has 0 bridgehead atoms.